The largest absolute Gasteiger partial charge is 0.294 e. The molecule has 0 spiro atoms. The summed E-state index contributed by atoms with van der Waals surface area (Å²) in [6.07, 6.45) is 1.74. The summed E-state index contributed by atoms with van der Waals surface area (Å²) in [4.78, 5) is 14.6. The molecule has 19 heavy (non-hydrogen) atoms. The number of benzene rings is 1. The van der Waals surface area contributed by atoms with Gasteiger partial charge in [-0.25, -0.2) is 0 Å². The third-order valence-electron chi connectivity index (χ3n) is 3.90. The number of likely N-dealkylation sites (tertiary alicyclic amines) is 1. The van der Waals surface area contributed by atoms with E-state index >= 15 is 0 Å². The van der Waals surface area contributed by atoms with Crippen LogP contribution < -0.4 is 0 Å². The second kappa shape index (κ2) is 5.99. The number of carbonyl (C=O) groups excluding carboxylic acids is 1. The van der Waals surface area contributed by atoms with Crippen molar-refractivity contribution < 1.29 is 4.79 Å². The number of piperidine rings is 1. The smallest absolute Gasteiger partial charge is 0.166 e. The summed E-state index contributed by atoms with van der Waals surface area (Å²) in [5.74, 6) is 0.394. The molecule has 0 atom stereocenters. The fraction of sp³-hybridized carbons (Fsp3) is 0.500. The van der Waals surface area contributed by atoms with Crippen LogP contribution in [0.1, 0.15) is 34.3 Å². The number of ketones is 1. The van der Waals surface area contributed by atoms with Gasteiger partial charge in [-0.05, 0) is 45.3 Å². The Kier molecular flexibility index (Phi) is 4.34. The molecule has 1 aliphatic rings. The van der Waals surface area contributed by atoms with Gasteiger partial charge in [-0.3, -0.25) is 9.69 Å². The zero-order valence-electron chi connectivity index (χ0n) is 11.6. The normalized spacial score (nSPS) is 17.1. The van der Waals surface area contributed by atoms with Crippen LogP contribution in [0.15, 0.2) is 18.2 Å². The van der Waals surface area contributed by atoms with E-state index in [9.17, 15) is 4.79 Å². The van der Waals surface area contributed by atoms with Crippen molar-refractivity contribution in [1.29, 1.82) is 5.26 Å². The minimum atomic E-state index is 0.122. The molecule has 0 amide bonds. The molecule has 1 aromatic rings. The van der Waals surface area contributed by atoms with E-state index in [-0.39, 0.29) is 11.7 Å². The zero-order valence-corrected chi connectivity index (χ0v) is 11.6. The first-order chi connectivity index (χ1) is 9.11. The van der Waals surface area contributed by atoms with Gasteiger partial charge in [-0.1, -0.05) is 23.8 Å². The molecule has 0 saturated carbocycles. The summed E-state index contributed by atoms with van der Waals surface area (Å²) in [6.45, 7) is 6.24. The number of rotatable bonds is 3. The highest BCUT2D eigenvalue weighted by Crippen LogP contribution is 2.23. The number of hydrogen-bond donors (Lipinski definition) is 0. The summed E-state index contributed by atoms with van der Waals surface area (Å²) >= 11 is 0. The molecule has 100 valence electrons. The second-order valence-electron chi connectivity index (χ2n) is 5.39. The SMILES string of the molecule is Cc1ccc(C(=O)C2CCN(CC#N)CC2)c(C)c1. The number of nitrogens with zero attached hydrogens (tertiary/aromatic N) is 2. The van der Waals surface area contributed by atoms with Crippen LogP contribution in [0.2, 0.25) is 0 Å². The molecular formula is C16H20N2O. The molecule has 1 heterocycles. The van der Waals surface area contributed by atoms with E-state index in [1.54, 1.807) is 0 Å². The summed E-state index contributed by atoms with van der Waals surface area (Å²) in [6, 6.07) is 8.20. The lowest BCUT2D eigenvalue weighted by Crippen LogP contribution is -2.36. The molecule has 2 rings (SSSR count). The van der Waals surface area contributed by atoms with Crippen molar-refractivity contribution >= 4 is 5.78 Å². The lowest BCUT2D eigenvalue weighted by atomic mass is 9.87. The maximum Gasteiger partial charge on any atom is 0.166 e. The van der Waals surface area contributed by atoms with Crippen molar-refractivity contribution in [3.63, 3.8) is 0 Å². The van der Waals surface area contributed by atoms with Gasteiger partial charge in [0.1, 0.15) is 0 Å². The van der Waals surface area contributed by atoms with Crippen molar-refractivity contribution in [2.45, 2.75) is 26.7 Å². The molecule has 1 aromatic carbocycles. The van der Waals surface area contributed by atoms with Gasteiger partial charge in [0.15, 0.2) is 5.78 Å². The van der Waals surface area contributed by atoms with Gasteiger partial charge in [0.25, 0.3) is 0 Å². The van der Waals surface area contributed by atoms with Gasteiger partial charge in [0, 0.05) is 11.5 Å². The summed E-state index contributed by atoms with van der Waals surface area (Å²) in [5.41, 5.74) is 3.13. The first-order valence-electron chi connectivity index (χ1n) is 6.82. The molecule has 0 aliphatic carbocycles. The maximum atomic E-state index is 12.5. The van der Waals surface area contributed by atoms with Gasteiger partial charge < -0.3 is 0 Å². The molecular weight excluding hydrogens is 236 g/mol. The number of carbonyl (C=O) groups is 1. The van der Waals surface area contributed by atoms with Crippen LogP contribution in [0.3, 0.4) is 0 Å². The van der Waals surface area contributed by atoms with Crippen LogP contribution in [0, 0.1) is 31.1 Å². The van der Waals surface area contributed by atoms with Crippen molar-refractivity contribution in [3.8, 4) is 6.07 Å². The molecule has 1 aliphatic heterocycles. The van der Waals surface area contributed by atoms with E-state index in [1.165, 1.54) is 5.56 Å². The molecule has 1 fully saturated rings. The predicted molar refractivity (Wildman–Crippen MR) is 75.0 cm³/mol. The molecule has 0 N–H and O–H groups in total. The molecule has 3 heteroatoms. The van der Waals surface area contributed by atoms with Gasteiger partial charge in [-0.2, -0.15) is 5.26 Å². The summed E-state index contributed by atoms with van der Waals surface area (Å²) in [5, 5.41) is 8.68. The fourth-order valence-electron chi connectivity index (χ4n) is 2.76. The molecule has 0 aromatic heterocycles. The lowest BCUT2D eigenvalue weighted by molar-refractivity contribution is 0.0849. The Morgan fingerprint density at radius 3 is 2.63 bits per heavy atom. The van der Waals surface area contributed by atoms with Crippen LogP contribution in [0.25, 0.3) is 0 Å². The number of aryl methyl sites for hydroxylation is 2. The highest BCUT2D eigenvalue weighted by molar-refractivity contribution is 5.99. The topological polar surface area (TPSA) is 44.1 Å². The molecule has 3 nitrogen and oxygen atoms in total. The Labute approximate surface area is 114 Å². The highest BCUT2D eigenvalue weighted by Gasteiger charge is 2.26. The minimum absolute atomic E-state index is 0.122. The van der Waals surface area contributed by atoms with Crippen LogP contribution in [-0.4, -0.2) is 30.3 Å². The third kappa shape index (κ3) is 3.21. The number of Topliss-reactive ketones (excluding diaryl/α,β-unsaturated/α-hetero) is 1. The van der Waals surface area contributed by atoms with E-state index in [0.29, 0.717) is 6.54 Å². The monoisotopic (exact) mass is 256 g/mol. The van der Waals surface area contributed by atoms with E-state index in [2.05, 4.69) is 17.0 Å². The van der Waals surface area contributed by atoms with E-state index in [4.69, 9.17) is 5.26 Å². The molecule has 0 radical (unpaired) electrons. The first-order valence-corrected chi connectivity index (χ1v) is 6.82. The third-order valence-corrected chi connectivity index (χ3v) is 3.90. The van der Waals surface area contributed by atoms with E-state index < -0.39 is 0 Å². The number of hydrogen-bond acceptors (Lipinski definition) is 3. The van der Waals surface area contributed by atoms with Crippen molar-refractivity contribution in [2.24, 2.45) is 5.92 Å². The second-order valence-corrected chi connectivity index (χ2v) is 5.39. The van der Waals surface area contributed by atoms with Crippen molar-refractivity contribution in [2.75, 3.05) is 19.6 Å². The predicted octanol–water partition coefficient (Wildman–Crippen LogP) is 2.72. The van der Waals surface area contributed by atoms with Gasteiger partial charge in [-0.15, -0.1) is 0 Å². The quantitative estimate of drug-likeness (QED) is 0.617. The van der Waals surface area contributed by atoms with Crippen molar-refractivity contribution in [1.82, 2.24) is 4.90 Å². The Balaban J connectivity index is 2.03. The standard InChI is InChI=1S/C16H20N2O/c1-12-3-4-15(13(2)11-12)16(19)14-5-8-18(9-6-14)10-7-17/h3-4,11,14H,5-6,8-10H2,1-2H3. The highest BCUT2D eigenvalue weighted by atomic mass is 16.1. The Bertz CT molecular complexity index is 508. The van der Waals surface area contributed by atoms with Crippen LogP contribution in [0.4, 0.5) is 0 Å². The fourth-order valence-corrected chi connectivity index (χ4v) is 2.76. The average molecular weight is 256 g/mol. The molecule has 0 unspecified atom stereocenters. The van der Waals surface area contributed by atoms with Crippen LogP contribution >= 0.6 is 0 Å². The Morgan fingerprint density at radius 1 is 1.37 bits per heavy atom. The average Bonchev–Trinajstić information content (AvgIpc) is 2.39. The number of nitriles is 1. The summed E-state index contributed by atoms with van der Waals surface area (Å²) in [7, 11) is 0. The van der Waals surface area contributed by atoms with E-state index in [1.807, 2.05) is 26.0 Å². The van der Waals surface area contributed by atoms with Gasteiger partial charge >= 0.3 is 0 Å². The summed E-state index contributed by atoms with van der Waals surface area (Å²) < 4.78 is 0. The van der Waals surface area contributed by atoms with Crippen LogP contribution in [-0.2, 0) is 0 Å². The Hall–Kier alpha value is -1.66. The first kappa shape index (κ1) is 13.8. The lowest BCUT2D eigenvalue weighted by Gasteiger charge is -2.29. The Morgan fingerprint density at radius 2 is 2.05 bits per heavy atom. The maximum absolute atomic E-state index is 12.5. The molecule has 1 saturated heterocycles. The van der Waals surface area contributed by atoms with Gasteiger partial charge in [0.2, 0.25) is 0 Å². The molecule has 0 bridgehead atoms. The van der Waals surface area contributed by atoms with Crippen molar-refractivity contribution in [3.05, 3.63) is 34.9 Å². The zero-order chi connectivity index (χ0) is 13.8. The van der Waals surface area contributed by atoms with Gasteiger partial charge in [0.05, 0.1) is 12.6 Å². The minimum Gasteiger partial charge on any atom is -0.294 e. The van der Waals surface area contributed by atoms with Crippen LogP contribution in [0.5, 0.6) is 0 Å². The van der Waals surface area contributed by atoms with E-state index in [0.717, 1.165) is 37.1 Å².